The van der Waals surface area contributed by atoms with E-state index in [9.17, 15) is 0 Å². The monoisotopic (exact) mass is 278 g/mol. The number of rotatable bonds is 3. The molecule has 0 aliphatic carbocycles. The second-order valence-electron chi connectivity index (χ2n) is 4.76. The van der Waals surface area contributed by atoms with Crippen LogP contribution in [-0.4, -0.2) is 21.9 Å². The average molecular weight is 278 g/mol. The van der Waals surface area contributed by atoms with Gasteiger partial charge >= 0.3 is 0 Å². The van der Waals surface area contributed by atoms with Crippen molar-refractivity contribution in [1.82, 2.24) is 14.8 Å². The average Bonchev–Trinajstić information content (AvgIpc) is 2.84. The number of methoxy groups -OCH3 is 1. The van der Waals surface area contributed by atoms with Crippen molar-refractivity contribution in [2.24, 2.45) is 0 Å². The quantitative estimate of drug-likeness (QED) is 0.739. The Balaban J connectivity index is 2.03. The highest BCUT2D eigenvalue weighted by atomic mass is 16.5. The van der Waals surface area contributed by atoms with Crippen LogP contribution in [0.5, 0.6) is 5.75 Å². The topological polar surface area (TPSA) is 63.7 Å². The first-order chi connectivity index (χ1) is 10.2. The maximum Gasteiger partial charge on any atom is 0.151 e. The Kier molecular flexibility index (Phi) is 3.28. The van der Waals surface area contributed by atoms with Crippen LogP contribution in [0.25, 0.3) is 10.9 Å². The van der Waals surface area contributed by atoms with Crippen molar-refractivity contribution in [1.29, 1.82) is 5.26 Å². The second kappa shape index (κ2) is 5.25. The van der Waals surface area contributed by atoms with E-state index in [-0.39, 0.29) is 0 Å². The lowest BCUT2D eigenvalue weighted by Gasteiger charge is -2.05. The molecule has 21 heavy (non-hydrogen) atoms. The summed E-state index contributed by atoms with van der Waals surface area (Å²) in [6, 6.07) is 11.9. The first-order valence-electron chi connectivity index (χ1n) is 6.58. The van der Waals surface area contributed by atoms with Gasteiger partial charge < -0.3 is 4.74 Å². The normalized spacial score (nSPS) is 10.5. The SMILES string of the molecule is COc1ccc(Cn2nc(C)c3c(C#N)nccc32)cc1. The molecule has 104 valence electrons. The maximum absolute atomic E-state index is 9.15. The molecular formula is C16H14N4O. The summed E-state index contributed by atoms with van der Waals surface area (Å²) in [6.07, 6.45) is 1.65. The van der Waals surface area contributed by atoms with Crippen molar-refractivity contribution in [3.05, 3.63) is 53.5 Å². The summed E-state index contributed by atoms with van der Waals surface area (Å²) in [7, 11) is 1.65. The molecule has 0 amide bonds. The molecule has 0 saturated heterocycles. The van der Waals surface area contributed by atoms with Crippen molar-refractivity contribution in [3.8, 4) is 11.8 Å². The molecule has 1 aromatic carbocycles. The Morgan fingerprint density at radius 1 is 1.24 bits per heavy atom. The van der Waals surface area contributed by atoms with E-state index in [4.69, 9.17) is 10.00 Å². The van der Waals surface area contributed by atoms with E-state index in [1.165, 1.54) is 0 Å². The Bertz CT molecular complexity index is 828. The number of ether oxygens (including phenoxy) is 1. The molecule has 0 fully saturated rings. The number of benzene rings is 1. The maximum atomic E-state index is 9.15. The lowest BCUT2D eigenvalue weighted by atomic mass is 10.2. The lowest BCUT2D eigenvalue weighted by Crippen LogP contribution is -2.01. The second-order valence-corrected chi connectivity index (χ2v) is 4.76. The number of aryl methyl sites for hydroxylation is 1. The number of hydrogen-bond donors (Lipinski definition) is 0. The van der Waals surface area contributed by atoms with E-state index in [1.54, 1.807) is 13.3 Å². The van der Waals surface area contributed by atoms with Gasteiger partial charge in [-0.05, 0) is 30.7 Å². The Morgan fingerprint density at radius 2 is 2.00 bits per heavy atom. The van der Waals surface area contributed by atoms with Gasteiger partial charge in [-0.15, -0.1) is 0 Å². The standard InChI is InChI=1S/C16H14N4O/c1-11-16-14(9-17)18-8-7-15(16)20(19-11)10-12-3-5-13(21-2)6-4-12/h3-8H,10H2,1-2H3. The molecular weight excluding hydrogens is 264 g/mol. The van der Waals surface area contributed by atoms with Crippen LogP contribution in [-0.2, 0) is 6.54 Å². The van der Waals surface area contributed by atoms with Gasteiger partial charge in [-0.3, -0.25) is 4.68 Å². The zero-order valence-electron chi connectivity index (χ0n) is 11.9. The van der Waals surface area contributed by atoms with Crippen molar-refractivity contribution >= 4 is 10.9 Å². The molecule has 3 rings (SSSR count). The fourth-order valence-electron chi connectivity index (χ4n) is 2.42. The van der Waals surface area contributed by atoms with Gasteiger partial charge in [0.1, 0.15) is 11.8 Å². The van der Waals surface area contributed by atoms with Crippen molar-refractivity contribution in [2.75, 3.05) is 7.11 Å². The minimum absolute atomic E-state index is 0.422. The number of aromatic nitrogens is 3. The number of hydrogen-bond acceptors (Lipinski definition) is 4. The summed E-state index contributed by atoms with van der Waals surface area (Å²) in [5.74, 6) is 0.830. The highest BCUT2D eigenvalue weighted by molar-refractivity contribution is 5.86. The molecule has 5 nitrogen and oxygen atoms in total. The van der Waals surface area contributed by atoms with Gasteiger partial charge in [0.2, 0.25) is 0 Å². The van der Waals surface area contributed by atoms with E-state index >= 15 is 0 Å². The molecule has 5 heteroatoms. The molecule has 0 atom stereocenters. The largest absolute Gasteiger partial charge is 0.497 e. The van der Waals surface area contributed by atoms with Crippen LogP contribution >= 0.6 is 0 Å². The zero-order chi connectivity index (χ0) is 14.8. The Labute approximate surface area is 122 Å². The first-order valence-corrected chi connectivity index (χ1v) is 6.58. The predicted octanol–water partition coefficient (Wildman–Crippen LogP) is 2.67. The van der Waals surface area contributed by atoms with Crippen LogP contribution in [0.3, 0.4) is 0 Å². The number of nitrogens with zero attached hydrogens (tertiary/aromatic N) is 4. The Hall–Kier alpha value is -2.87. The molecule has 0 unspecified atom stereocenters. The third-order valence-electron chi connectivity index (χ3n) is 3.44. The summed E-state index contributed by atoms with van der Waals surface area (Å²) in [4.78, 5) is 4.10. The van der Waals surface area contributed by atoms with Gasteiger partial charge in [-0.25, -0.2) is 4.98 Å². The minimum atomic E-state index is 0.422. The van der Waals surface area contributed by atoms with E-state index in [1.807, 2.05) is 41.9 Å². The van der Waals surface area contributed by atoms with Crippen molar-refractivity contribution in [2.45, 2.75) is 13.5 Å². The summed E-state index contributed by atoms with van der Waals surface area (Å²) >= 11 is 0. The van der Waals surface area contributed by atoms with Crippen LogP contribution < -0.4 is 4.74 Å². The van der Waals surface area contributed by atoms with Crippen LogP contribution in [0, 0.1) is 18.3 Å². The third-order valence-corrected chi connectivity index (χ3v) is 3.44. The highest BCUT2D eigenvalue weighted by Crippen LogP contribution is 2.21. The molecule has 0 aliphatic heterocycles. The number of pyridine rings is 1. The molecule has 0 aliphatic rings. The van der Waals surface area contributed by atoms with Crippen LogP contribution in [0.15, 0.2) is 36.5 Å². The number of nitriles is 1. The summed E-state index contributed by atoms with van der Waals surface area (Å²) in [6.45, 7) is 2.54. The van der Waals surface area contributed by atoms with Gasteiger partial charge in [0.25, 0.3) is 0 Å². The van der Waals surface area contributed by atoms with Gasteiger partial charge in [0.15, 0.2) is 5.69 Å². The molecule has 0 bridgehead atoms. The molecule has 2 heterocycles. The molecule has 0 spiro atoms. The zero-order valence-corrected chi connectivity index (χ0v) is 11.9. The predicted molar refractivity (Wildman–Crippen MR) is 79.1 cm³/mol. The molecule has 3 aromatic rings. The first kappa shape index (κ1) is 13.1. The highest BCUT2D eigenvalue weighted by Gasteiger charge is 2.12. The van der Waals surface area contributed by atoms with Crippen LogP contribution in [0.4, 0.5) is 0 Å². The Morgan fingerprint density at radius 3 is 2.67 bits per heavy atom. The third kappa shape index (κ3) is 2.32. The van der Waals surface area contributed by atoms with E-state index in [0.29, 0.717) is 12.2 Å². The summed E-state index contributed by atoms with van der Waals surface area (Å²) in [5.41, 5.74) is 3.29. The van der Waals surface area contributed by atoms with E-state index in [0.717, 1.165) is 27.9 Å². The molecule has 0 radical (unpaired) electrons. The molecule has 0 N–H and O–H groups in total. The summed E-state index contributed by atoms with van der Waals surface area (Å²) in [5, 5.41) is 14.5. The van der Waals surface area contributed by atoms with Gasteiger partial charge in [-0.1, -0.05) is 12.1 Å². The molecule has 2 aromatic heterocycles. The van der Waals surface area contributed by atoms with E-state index in [2.05, 4.69) is 16.2 Å². The van der Waals surface area contributed by atoms with Gasteiger partial charge in [-0.2, -0.15) is 10.4 Å². The van der Waals surface area contributed by atoms with Gasteiger partial charge in [0.05, 0.1) is 30.3 Å². The van der Waals surface area contributed by atoms with E-state index < -0.39 is 0 Å². The minimum Gasteiger partial charge on any atom is -0.497 e. The van der Waals surface area contributed by atoms with Gasteiger partial charge in [0, 0.05) is 6.20 Å². The fourth-order valence-corrected chi connectivity index (χ4v) is 2.42. The summed E-state index contributed by atoms with van der Waals surface area (Å²) < 4.78 is 7.06. The number of fused-ring (bicyclic) bond motifs is 1. The van der Waals surface area contributed by atoms with Crippen LogP contribution in [0.1, 0.15) is 17.0 Å². The molecule has 0 saturated carbocycles. The van der Waals surface area contributed by atoms with Crippen LogP contribution in [0.2, 0.25) is 0 Å². The van der Waals surface area contributed by atoms with Crippen molar-refractivity contribution < 1.29 is 4.74 Å². The fraction of sp³-hybridized carbons (Fsp3) is 0.188. The smallest absolute Gasteiger partial charge is 0.151 e. The lowest BCUT2D eigenvalue weighted by molar-refractivity contribution is 0.414. The van der Waals surface area contributed by atoms with Crippen molar-refractivity contribution in [3.63, 3.8) is 0 Å².